The largest absolute Gasteiger partial charge is 0.489 e. The first-order chi connectivity index (χ1) is 16.5. The molecule has 0 saturated heterocycles. The fourth-order valence-corrected chi connectivity index (χ4v) is 3.07. The highest BCUT2D eigenvalue weighted by molar-refractivity contribution is 6.01. The summed E-state index contributed by atoms with van der Waals surface area (Å²) in [6.45, 7) is 0.402. The molecule has 0 radical (unpaired) electrons. The number of rotatable bonds is 11. The van der Waals surface area contributed by atoms with Crippen LogP contribution >= 0.6 is 0 Å². The predicted molar refractivity (Wildman–Crippen MR) is 123 cm³/mol. The number of hydrogen-bond donors (Lipinski definition) is 1. The van der Waals surface area contributed by atoms with Gasteiger partial charge in [0.1, 0.15) is 43.4 Å². The van der Waals surface area contributed by atoms with Crippen molar-refractivity contribution in [1.29, 1.82) is 5.26 Å². The Hall–Kier alpha value is -4.38. The number of aliphatic carboxylic acids is 1. The summed E-state index contributed by atoms with van der Waals surface area (Å²) in [5, 5.41) is 21.7. The summed E-state index contributed by atoms with van der Waals surface area (Å²) in [5.41, 5.74) is 3.12. The first-order valence-electron chi connectivity index (χ1n) is 10.4. The Kier molecular flexibility index (Phi) is 8.58. The lowest BCUT2D eigenvalue weighted by molar-refractivity contribution is -0.136. The predicted octanol–water partition coefficient (Wildman–Crippen LogP) is 4.72. The van der Waals surface area contributed by atoms with Crippen LogP contribution in [0, 0.1) is 17.1 Å². The molecule has 0 unspecified atom stereocenters. The van der Waals surface area contributed by atoms with E-state index < -0.39 is 11.8 Å². The van der Waals surface area contributed by atoms with Gasteiger partial charge in [0.05, 0.1) is 11.6 Å². The summed E-state index contributed by atoms with van der Waals surface area (Å²) in [6, 6.07) is 20.7. The first kappa shape index (κ1) is 24.3. The van der Waals surface area contributed by atoms with E-state index in [1.54, 1.807) is 42.5 Å². The zero-order valence-corrected chi connectivity index (χ0v) is 18.5. The third-order valence-corrected chi connectivity index (χ3v) is 4.89. The molecule has 174 valence electrons. The van der Waals surface area contributed by atoms with E-state index in [2.05, 4.69) is 11.2 Å². The van der Waals surface area contributed by atoms with E-state index >= 15 is 0 Å². The number of carbonyl (C=O) groups is 1. The maximum absolute atomic E-state index is 14.1. The Morgan fingerprint density at radius 3 is 2.35 bits per heavy atom. The molecule has 0 spiro atoms. The molecule has 1 N–H and O–H groups in total. The van der Waals surface area contributed by atoms with Crippen LogP contribution in [0.15, 0.2) is 71.9 Å². The van der Waals surface area contributed by atoms with Gasteiger partial charge >= 0.3 is 5.97 Å². The minimum absolute atomic E-state index is 0.127. The van der Waals surface area contributed by atoms with Gasteiger partial charge in [-0.25, -0.2) is 4.39 Å². The molecular weight excluding hydrogens is 439 g/mol. The highest BCUT2D eigenvalue weighted by Crippen LogP contribution is 2.20. The third kappa shape index (κ3) is 7.07. The fraction of sp³-hybridized carbons (Fsp3) is 0.192. The van der Waals surface area contributed by atoms with E-state index in [0.717, 1.165) is 11.1 Å². The van der Waals surface area contributed by atoms with Crippen molar-refractivity contribution in [1.82, 2.24) is 0 Å². The zero-order valence-electron chi connectivity index (χ0n) is 18.5. The topological polar surface area (TPSA) is 101 Å². The van der Waals surface area contributed by atoms with Crippen molar-refractivity contribution in [2.24, 2.45) is 5.16 Å². The van der Waals surface area contributed by atoms with E-state index in [-0.39, 0.29) is 26.1 Å². The van der Waals surface area contributed by atoms with Crippen molar-refractivity contribution >= 4 is 11.7 Å². The number of carboxylic acids is 1. The molecule has 0 saturated carbocycles. The second-order valence-corrected chi connectivity index (χ2v) is 7.28. The van der Waals surface area contributed by atoms with Crippen LogP contribution in [0.1, 0.15) is 28.7 Å². The van der Waals surface area contributed by atoms with Gasteiger partial charge in [0, 0.05) is 18.1 Å². The quantitative estimate of drug-likeness (QED) is 0.327. The molecule has 3 aromatic rings. The van der Waals surface area contributed by atoms with Crippen molar-refractivity contribution in [2.75, 3.05) is 13.7 Å². The number of oxime groups is 1. The van der Waals surface area contributed by atoms with Crippen LogP contribution in [0.25, 0.3) is 0 Å². The van der Waals surface area contributed by atoms with E-state index in [4.69, 9.17) is 24.7 Å². The summed E-state index contributed by atoms with van der Waals surface area (Å²) in [7, 11) is 1.45. The minimum Gasteiger partial charge on any atom is -0.489 e. The van der Waals surface area contributed by atoms with Gasteiger partial charge in [0.15, 0.2) is 0 Å². The number of hydrogen-bond acceptors (Lipinski definition) is 6. The lowest BCUT2D eigenvalue weighted by Crippen LogP contribution is -2.13. The Morgan fingerprint density at radius 1 is 1.03 bits per heavy atom. The molecule has 34 heavy (non-hydrogen) atoms. The normalized spacial score (nSPS) is 10.9. The van der Waals surface area contributed by atoms with Gasteiger partial charge in [0.2, 0.25) is 0 Å². The lowest BCUT2D eigenvalue weighted by atomic mass is 10.1. The van der Waals surface area contributed by atoms with Crippen LogP contribution in [0.5, 0.6) is 11.5 Å². The van der Waals surface area contributed by atoms with Crippen LogP contribution in [-0.4, -0.2) is 30.5 Å². The summed E-state index contributed by atoms with van der Waals surface area (Å²) in [6.07, 6.45) is 0.00270. The number of nitrogens with zero attached hydrogens (tertiary/aromatic N) is 2. The molecule has 0 heterocycles. The summed E-state index contributed by atoms with van der Waals surface area (Å²) < 4.78 is 25.6. The van der Waals surface area contributed by atoms with Crippen molar-refractivity contribution in [3.05, 3.63) is 94.8 Å². The number of nitriles is 1. The van der Waals surface area contributed by atoms with Crippen LogP contribution < -0.4 is 9.47 Å². The Morgan fingerprint density at radius 2 is 1.74 bits per heavy atom. The minimum atomic E-state index is -0.969. The molecular formula is C26H23FN2O5. The van der Waals surface area contributed by atoms with Crippen molar-refractivity contribution in [2.45, 2.75) is 19.4 Å². The maximum atomic E-state index is 14.1. The van der Waals surface area contributed by atoms with Gasteiger partial charge in [-0.05, 0) is 47.9 Å². The lowest BCUT2D eigenvalue weighted by Gasteiger charge is -2.11. The highest BCUT2D eigenvalue weighted by Gasteiger charge is 2.09. The molecule has 0 aliphatic carbocycles. The van der Waals surface area contributed by atoms with E-state index in [9.17, 15) is 9.18 Å². The van der Waals surface area contributed by atoms with Gasteiger partial charge in [-0.15, -0.1) is 0 Å². The first-order valence-corrected chi connectivity index (χ1v) is 10.4. The number of halogens is 1. The second-order valence-electron chi connectivity index (χ2n) is 7.28. The van der Waals surface area contributed by atoms with Crippen molar-refractivity contribution in [3.63, 3.8) is 0 Å². The maximum Gasteiger partial charge on any atom is 0.303 e. The Balaban J connectivity index is 1.54. The van der Waals surface area contributed by atoms with Gasteiger partial charge in [-0.2, -0.15) is 5.26 Å². The fourth-order valence-electron chi connectivity index (χ4n) is 3.07. The van der Waals surface area contributed by atoms with Crippen LogP contribution in [-0.2, 0) is 22.7 Å². The SMILES string of the molecule is CO/N=C(/COc1ccc(COc2ccc(CCC(=O)O)c(F)c2)cc1)c1ccc(C#N)cc1. The molecule has 0 bridgehead atoms. The average molecular weight is 462 g/mol. The number of benzene rings is 3. The molecule has 7 nitrogen and oxygen atoms in total. The number of carboxylic acid groups (broad SMARTS) is 1. The van der Waals surface area contributed by atoms with Gasteiger partial charge < -0.3 is 19.4 Å². The molecule has 8 heteroatoms. The van der Waals surface area contributed by atoms with Crippen molar-refractivity contribution < 1.29 is 28.6 Å². The number of aryl methyl sites for hydroxylation is 1. The van der Waals surface area contributed by atoms with E-state index in [1.165, 1.54) is 19.2 Å². The standard InChI is InChI=1S/C26H23FN2O5/c1-32-29-25(21-6-2-18(15-28)3-7-21)17-34-22-10-4-19(5-11-22)16-33-23-12-8-20(24(27)14-23)9-13-26(30)31/h2-8,10-12,14H,9,13,16-17H2,1H3,(H,30,31)/b29-25-. The van der Waals surface area contributed by atoms with E-state index in [1.807, 2.05) is 12.1 Å². The zero-order chi connectivity index (χ0) is 24.3. The molecule has 0 aromatic heterocycles. The summed E-state index contributed by atoms with van der Waals surface area (Å²) in [5.74, 6) is -0.475. The second kappa shape index (κ2) is 12.0. The average Bonchev–Trinajstić information content (AvgIpc) is 2.85. The molecule has 0 fully saturated rings. The van der Waals surface area contributed by atoms with Gasteiger partial charge in [-0.1, -0.05) is 35.5 Å². The molecule has 0 atom stereocenters. The number of ether oxygens (including phenoxy) is 2. The van der Waals surface area contributed by atoms with E-state index in [0.29, 0.717) is 28.3 Å². The Bertz CT molecular complexity index is 1190. The summed E-state index contributed by atoms with van der Waals surface area (Å²) in [4.78, 5) is 15.6. The third-order valence-electron chi connectivity index (χ3n) is 4.89. The highest BCUT2D eigenvalue weighted by atomic mass is 19.1. The monoisotopic (exact) mass is 462 g/mol. The molecule has 0 amide bonds. The smallest absolute Gasteiger partial charge is 0.303 e. The van der Waals surface area contributed by atoms with Crippen LogP contribution in [0.3, 0.4) is 0 Å². The molecule has 3 rings (SSSR count). The molecule has 3 aromatic carbocycles. The molecule has 0 aliphatic rings. The van der Waals surface area contributed by atoms with Crippen LogP contribution in [0.2, 0.25) is 0 Å². The molecule has 0 aliphatic heterocycles. The van der Waals surface area contributed by atoms with Gasteiger partial charge in [-0.3, -0.25) is 4.79 Å². The summed E-state index contributed by atoms with van der Waals surface area (Å²) >= 11 is 0. The van der Waals surface area contributed by atoms with Crippen molar-refractivity contribution in [3.8, 4) is 17.6 Å². The van der Waals surface area contributed by atoms with Gasteiger partial charge in [0.25, 0.3) is 0 Å². The Labute approximate surface area is 196 Å². The van der Waals surface area contributed by atoms with Crippen LogP contribution in [0.4, 0.5) is 4.39 Å².